The first-order chi connectivity index (χ1) is 8.16. The van der Waals surface area contributed by atoms with Crippen LogP contribution in [-0.2, 0) is 0 Å². The second-order valence-corrected chi connectivity index (χ2v) is 4.12. The molecule has 1 saturated heterocycles. The van der Waals surface area contributed by atoms with Gasteiger partial charge in [-0.25, -0.2) is 0 Å². The van der Waals surface area contributed by atoms with Crippen molar-refractivity contribution >= 4 is 5.91 Å². The fourth-order valence-electron chi connectivity index (χ4n) is 1.75. The molecule has 1 aromatic rings. The van der Waals surface area contributed by atoms with Gasteiger partial charge in [0, 0.05) is 31.9 Å². The van der Waals surface area contributed by atoms with Crippen LogP contribution in [0.25, 0.3) is 0 Å². The molecule has 2 rings (SSSR count). The largest absolute Gasteiger partial charge is 0.335 e. The zero-order valence-corrected chi connectivity index (χ0v) is 9.69. The maximum atomic E-state index is 11.9. The van der Waals surface area contributed by atoms with E-state index in [2.05, 4.69) is 20.5 Å². The Morgan fingerprint density at radius 2 is 2.35 bits per heavy atom. The number of carbonyl (C=O) groups excluding carboxylic acids is 1. The van der Waals surface area contributed by atoms with Crippen LogP contribution in [0.15, 0.2) is 23.1 Å². The van der Waals surface area contributed by atoms with Crippen molar-refractivity contribution in [3.05, 3.63) is 34.2 Å². The minimum Gasteiger partial charge on any atom is -0.335 e. The molecule has 6 heteroatoms. The first kappa shape index (κ1) is 11.8. The Hall–Kier alpha value is -1.66. The molecule has 0 bridgehead atoms. The molecule has 3 N–H and O–H groups in total. The zero-order chi connectivity index (χ0) is 12.3. The molecule has 1 fully saturated rings. The first-order valence-corrected chi connectivity index (χ1v) is 5.57. The van der Waals surface area contributed by atoms with E-state index in [-0.39, 0.29) is 17.6 Å². The number of rotatable bonds is 2. The maximum Gasteiger partial charge on any atom is 0.254 e. The zero-order valence-electron chi connectivity index (χ0n) is 9.69. The highest BCUT2D eigenvalue weighted by Crippen LogP contribution is 1.99. The van der Waals surface area contributed by atoms with E-state index in [0.29, 0.717) is 5.56 Å². The summed E-state index contributed by atoms with van der Waals surface area (Å²) in [6.07, 6.45) is 1.41. The van der Waals surface area contributed by atoms with E-state index < -0.39 is 0 Å². The molecule has 92 valence electrons. The van der Waals surface area contributed by atoms with E-state index in [0.717, 1.165) is 19.6 Å². The van der Waals surface area contributed by atoms with Crippen molar-refractivity contribution in [1.82, 2.24) is 20.5 Å². The Balaban J connectivity index is 2.01. The molecule has 1 aliphatic heterocycles. The molecule has 1 aliphatic rings. The van der Waals surface area contributed by atoms with E-state index in [1.807, 2.05) is 7.05 Å². The van der Waals surface area contributed by atoms with Gasteiger partial charge in [0.15, 0.2) is 0 Å². The van der Waals surface area contributed by atoms with Crippen LogP contribution in [0.3, 0.4) is 0 Å². The van der Waals surface area contributed by atoms with Crippen LogP contribution in [0.4, 0.5) is 0 Å². The van der Waals surface area contributed by atoms with Crippen LogP contribution in [-0.4, -0.2) is 48.6 Å². The van der Waals surface area contributed by atoms with Gasteiger partial charge in [0.1, 0.15) is 0 Å². The van der Waals surface area contributed by atoms with Crippen LogP contribution >= 0.6 is 0 Å². The Labute approximate surface area is 99.0 Å². The van der Waals surface area contributed by atoms with Crippen molar-refractivity contribution in [3.8, 4) is 0 Å². The van der Waals surface area contributed by atoms with Crippen molar-refractivity contribution < 1.29 is 4.79 Å². The molecule has 1 atom stereocenters. The van der Waals surface area contributed by atoms with E-state index >= 15 is 0 Å². The second-order valence-electron chi connectivity index (χ2n) is 4.12. The molecule has 0 aliphatic carbocycles. The number of piperazine rings is 1. The van der Waals surface area contributed by atoms with Gasteiger partial charge in [0.25, 0.3) is 5.91 Å². The van der Waals surface area contributed by atoms with Gasteiger partial charge in [-0.3, -0.25) is 14.5 Å². The van der Waals surface area contributed by atoms with Crippen molar-refractivity contribution in [2.75, 3.05) is 26.7 Å². The SMILES string of the molecule is CN1CCNCC1NC(=O)c1ccc(=O)[nH]c1. The van der Waals surface area contributed by atoms with Gasteiger partial charge in [-0.05, 0) is 13.1 Å². The van der Waals surface area contributed by atoms with Crippen LogP contribution < -0.4 is 16.2 Å². The van der Waals surface area contributed by atoms with Crippen molar-refractivity contribution in [3.63, 3.8) is 0 Å². The minimum atomic E-state index is -0.210. The van der Waals surface area contributed by atoms with E-state index in [1.54, 1.807) is 0 Å². The van der Waals surface area contributed by atoms with Gasteiger partial charge in [-0.2, -0.15) is 0 Å². The quantitative estimate of drug-likeness (QED) is 0.613. The molecule has 0 radical (unpaired) electrons. The van der Waals surface area contributed by atoms with Gasteiger partial charge in [-0.15, -0.1) is 0 Å². The summed E-state index contributed by atoms with van der Waals surface area (Å²) in [6, 6.07) is 2.86. The summed E-state index contributed by atoms with van der Waals surface area (Å²) in [6.45, 7) is 2.56. The van der Waals surface area contributed by atoms with Crippen LogP contribution in [0.2, 0.25) is 0 Å². The number of nitrogens with one attached hydrogen (secondary N) is 3. The van der Waals surface area contributed by atoms with E-state index in [9.17, 15) is 9.59 Å². The van der Waals surface area contributed by atoms with Crippen LogP contribution in [0, 0.1) is 0 Å². The molecule has 0 aromatic carbocycles. The summed E-state index contributed by atoms with van der Waals surface area (Å²) in [5.74, 6) is -0.179. The van der Waals surface area contributed by atoms with E-state index in [1.165, 1.54) is 18.3 Å². The molecule has 1 amide bonds. The molecule has 6 nitrogen and oxygen atoms in total. The molecule has 1 unspecified atom stereocenters. The van der Waals surface area contributed by atoms with Gasteiger partial charge < -0.3 is 15.6 Å². The van der Waals surface area contributed by atoms with Crippen molar-refractivity contribution in [2.45, 2.75) is 6.17 Å². The smallest absolute Gasteiger partial charge is 0.254 e. The lowest BCUT2D eigenvalue weighted by Gasteiger charge is -2.33. The third-order valence-corrected chi connectivity index (χ3v) is 2.86. The highest BCUT2D eigenvalue weighted by atomic mass is 16.2. The number of amides is 1. The number of pyridine rings is 1. The Morgan fingerprint density at radius 1 is 1.53 bits per heavy atom. The summed E-state index contributed by atoms with van der Waals surface area (Å²) in [7, 11) is 1.97. The van der Waals surface area contributed by atoms with Gasteiger partial charge in [0.05, 0.1) is 11.7 Å². The third-order valence-electron chi connectivity index (χ3n) is 2.86. The predicted molar refractivity (Wildman–Crippen MR) is 63.8 cm³/mol. The lowest BCUT2D eigenvalue weighted by molar-refractivity contribution is 0.0847. The standard InChI is InChI=1S/C11H16N4O2/c1-15-5-4-12-7-9(15)14-11(17)8-2-3-10(16)13-6-8/h2-3,6,9,12H,4-5,7H2,1H3,(H,13,16)(H,14,17). The fourth-order valence-corrected chi connectivity index (χ4v) is 1.75. The number of hydrogen-bond acceptors (Lipinski definition) is 4. The van der Waals surface area contributed by atoms with Crippen LogP contribution in [0.5, 0.6) is 0 Å². The van der Waals surface area contributed by atoms with Gasteiger partial charge in [0.2, 0.25) is 5.56 Å². The van der Waals surface area contributed by atoms with Crippen molar-refractivity contribution in [1.29, 1.82) is 0 Å². The minimum absolute atomic E-state index is 0.0109. The van der Waals surface area contributed by atoms with Gasteiger partial charge >= 0.3 is 0 Å². The lowest BCUT2D eigenvalue weighted by Crippen LogP contribution is -2.57. The average molecular weight is 236 g/mol. The highest BCUT2D eigenvalue weighted by molar-refractivity contribution is 5.93. The summed E-state index contributed by atoms with van der Waals surface area (Å²) in [5.41, 5.74) is 0.251. The fraction of sp³-hybridized carbons (Fsp3) is 0.455. The number of likely N-dealkylation sites (N-methyl/N-ethyl adjacent to an activating group) is 1. The number of aromatic nitrogens is 1. The molecule has 0 spiro atoms. The van der Waals surface area contributed by atoms with Crippen molar-refractivity contribution in [2.24, 2.45) is 0 Å². The summed E-state index contributed by atoms with van der Waals surface area (Å²) in [4.78, 5) is 27.3. The lowest BCUT2D eigenvalue weighted by atomic mass is 10.2. The van der Waals surface area contributed by atoms with Gasteiger partial charge in [-0.1, -0.05) is 0 Å². The summed E-state index contributed by atoms with van der Waals surface area (Å²) >= 11 is 0. The maximum absolute atomic E-state index is 11.9. The molecule has 1 aromatic heterocycles. The topological polar surface area (TPSA) is 77.2 Å². The Bertz CT molecular complexity index is 437. The number of nitrogens with zero attached hydrogens (tertiary/aromatic N) is 1. The highest BCUT2D eigenvalue weighted by Gasteiger charge is 2.20. The predicted octanol–water partition coefficient (Wildman–Crippen LogP) is -1.03. The molecule has 2 heterocycles. The third kappa shape index (κ3) is 2.92. The average Bonchev–Trinajstić information content (AvgIpc) is 2.33. The monoisotopic (exact) mass is 236 g/mol. The number of aromatic amines is 1. The molecule has 17 heavy (non-hydrogen) atoms. The van der Waals surface area contributed by atoms with E-state index in [4.69, 9.17) is 0 Å². The summed E-state index contributed by atoms with van der Waals surface area (Å²) < 4.78 is 0. The molecular formula is C11H16N4O2. The number of H-pyrrole nitrogens is 1. The number of carbonyl (C=O) groups is 1. The first-order valence-electron chi connectivity index (χ1n) is 5.57. The van der Waals surface area contributed by atoms with Crippen LogP contribution in [0.1, 0.15) is 10.4 Å². The molecule has 0 saturated carbocycles. The summed E-state index contributed by atoms with van der Waals surface area (Å²) in [5, 5.41) is 6.12. The Morgan fingerprint density at radius 3 is 3.00 bits per heavy atom. The number of hydrogen-bond donors (Lipinski definition) is 3. The Kier molecular flexibility index (Phi) is 3.55. The second kappa shape index (κ2) is 5.11. The molecular weight excluding hydrogens is 220 g/mol. The normalized spacial score (nSPS) is 21.1.